The molecule has 1 amide bonds. The maximum absolute atomic E-state index is 12.8. The molecule has 0 atom stereocenters. The Morgan fingerprint density at radius 3 is 2.40 bits per heavy atom. The number of carbonyl (C=O) groups is 1. The fourth-order valence-corrected chi connectivity index (χ4v) is 2.55. The minimum Gasteiger partial charge on any atom is -0.451 e. The van der Waals surface area contributed by atoms with Crippen molar-refractivity contribution in [2.75, 3.05) is 5.32 Å². The fourth-order valence-electron chi connectivity index (χ4n) is 2.19. The topological polar surface area (TPSA) is 42.2 Å². The number of hydrogen-bond donors (Lipinski definition) is 1. The van der Waals surface area contributed by atoms with Crippen LogP contribution in [0.3, 0.4) is 0 Å². The number of alkyl halides is 3. The SMILES string of the molecule is O=C(Nc1ccc(I)cc1)c1ccc(-c2cccc(C(F)(F)F)c2)o1. The Labute approximate surface area is 155 Å². The summed E-state index contributed by atoms with van der Waals surface area (Å²) in [5.74, 6) is -0.260. The molecule has 0 aliphatic rings. The van der Waals surface area contributed by atoms with Gasteiger partial charge >= 0.3 is 6.18 Å². The summed E-state index contributed by atoms with van der Waals surface area (Å²) < 4.78 is 44.8. The van der Waals surface area contributed by atoms with Gasteiger partial charge in [0.05, 0.1) is 5.56 Å². The molecule has 1 aromatic heterocycles. The van der Waals surface area contributed by atoms with Gasteiger partial charge in [-0.05, 0) is 71.1 Å². The number of carbonyl (C=O) groups excluding carboxylic acids is 1. The van der Waals surface area contributed by atoms with Crippen molar-refractivity contribution in [1.82, 2.24) is 0 Å². The molecule has 3 rings (SSSR count). The van der Waals surface area contributed by atoms with E-state index >= 15 is 0 Å². The quantitative estimate of drug-likeness (QED) is 0.504. The summed E-state index contributed by atoms with van der Waals surface area (Å²) in [6, 6.07) is 14.8. The largest absolute Gasteiger partial charge is 0.451 e. The van der Waals surface area contributed by atoms with Crippen LogP contribution >= 0.6 is 22.6 Å². The van der Waals surface area contributed by atoms with E-state index in [1.54, 1.807) is 12.1 Å². The Balaban J connectivity index is 1.80. The lowest BCUT2D eigenvalue weighted by Gasteiger charge is -2.07. The van der Waals surface area contributed by atoms with E-state index in [1.807, 2.05) is 12.1 Å². The molecular formula is C18H11F3INO2. The standard InChI is InChI=1S/C18H11F3INO2/c19-18(20,21)12-3-1-2-11(10-12)15-8-9-16(25-15)17(24)23-14-6-4-13(22)5-7-14/h1-10H,(H,23,24). The average Bonchev–Trinajstić information content (AvgIpc) is 3.06. The highest BCUT2D eigenvalue weighted by atomic mass is 127. The first kappa shape index (κ1) is 17.5. The Morgan fingerprint density at radius 1 is 1.00 bits per heavy atom. The van der Waals surface area contributed by atoms with Crippen molar-refractivity contribution in [3.05, 3.63) is 75.6 Å². The molecule has 0 unspecified atom stereocenters. The maximum atomic E-state index is 12.8. The Kier molecular flexibility index (Phi) is 4.85. The summed E-state index contributed by atoms with van der Waals surface area (Å²) >= 11 is 2.15. The highest BCUT2D eigenvalue weighted by molar-refractivity contribution is 14.1. The van der Waals surface area contributed by atoms with E-state index in [0.717, 1.165) is 15.7 Å². The molecule has 25 heavy (non-hydrogen) atoms. The van der Waals surface area contributed by atoms with E-state index in [1.165, 1.54) is 24.3 Å². The van der Waals surface area contributed by atoms with Gasteiger partial charge in [0.2, 0.25) is 0 Å². The number of amides is 1. The first-order valence-corrected chi connectivity index (χ1v) is 8.25. The molecule has 0 spiro atoms. The predicted molar refractivity (Wildman–Crippen MR) is 96.3 cm³/mol. The van der Waals surface area contributed by atoms with Gasteiger partial charge in [-0.25, -0.2) is 0 Å². The molecule has 0 saturated heterocycles. The zero-order valence-corrected chi connectivity index (χ0v) is 14.8. The zero-order chi connectivity index (χ0) is 18.0. The molecule has 1 N–H and O–H groups in total. The van der Waals surface area contributed by atoms with E-state index in [9.17, 15) is 18.0 Å². The van der Waals surface area contributed by atoms with Crippen molar-refractivity contribution in [2.45, 2.75) is 6.18 Å². The van der Waals surface area contributed by atoms with E-state index in [2.05, 4.69) is 27.9 Å². The van der Waals surface area contributed by atoms with Crippen LogP contribution in [-0.2, 0) is 6.18 Å². The fraction of sp³-hybridized carbons (Fsp3) is 0.0556. The van der Waals surface area contributed by atoms with E-state index in [0.29, 0.717) is 5.69 Å². The van der Waals surface area contributed by atoms with Gasteiger partial charge in [-0.15, -0.1) is 0 Å². The molecule has 0 aliphatic carbocycles. The molecule has 1 heterocycles. The van der Waals surface area contributed by atoms with Crippen molar-refractivity contribution in [2.24, 2.45) is 0 Å². The number of nitrogens with one attached hydrogen (secondary N) is 1. The number of hydrogen-bond acceptors (Lipinski definition) is 2. The normalized spacial score (nSPS) is 11.4. The molecule has 0 saturated carbocycles. The minimum atomic E-state index is -4.44. The molecular weight excluding hydrogens is 446 g/mol. The minimum absolute atomic E-state index is 0.0194. The van der Waals surface area contributed by atoms with Gasteiger partial charge in [0, 0.05) is 14.8 Å². The van der Waals surface area contributed by atoms with Crippen molar-refractivity contribution in [3.8, 4) is 11.3 Å². The Hall–Kier alpha value is -2.29. The smallest absolute Gasteiger partial charge is 0.416 e. The lowest BCUT2D eigenvalue weighted by Crippen LogP contribution is -2.10. The zero-order valence-electron chi connectivity index (χ0n) is 12.6. The molecule has 7 heteroatoms. The molecule has 0 bridgehead atoms. The van der Waals surface area contributed by atoms with Crippen LogP contribution in [0.15, 0.2) is 65.1 Å². The molecule has 0 fully saturated rings. The van der Waals surface area contributed by atoms with Crippen molar-refractivity contribution in [3.63, 3.8) is 0 Å². The van der Waals surface area contributed by atoms with E-state index in [-0.39, 0.29) is 17.1 Å². The van der Waals surface area contributed by atoms with Crippen molar-refractivity contribution >= 4 is 34.2 Å². The van der Waals surface area contributed by atoms with Gasteiger partial charge in [0.25, 0.3) is 5.91 Å². The summed E-state index contributed by atoms with van der Waals surface area (Å²) in [5, 5.41) is 2.67. The number of rotatable bonds is 3. The van der Waals surface area contributed by atoms with Crippen molar-refractivity contribution in [1.29, 1.82) is 0 Å². The number of halogens is 4. The van der Waals surface area contributed by atoms with Crippen molar-refractivity contribution < 1.29 is 22.4 Å². The monoisotopic (exact) mass is 457 g/mol. The highest BCUT2D eigenvalue weighted by Gasteiger charge is 2.30. The summed E-state index contributed by atoms with van der Waals surface area (Å²) in [6.45, 7) is 0. The summed E-state index contributed by atoms with van der Waals surface area (Å²) in [5.41, 5.74) is 0.0804. The van der Waals surface area contributed by atoms with Gasteiger partial charge in [0.1, 0.15) is 5.76 Å². The van der Waals surface area contributed by atoms with Crippen LogP contribution in [0.25, 0.3) is 11.3 Å². The molecule has 3 nitrogen and oxygen atoms in total. The third-order valence-corrected chi connectivity index (χ3v) is 4.13. The Bertz CT molecular complexity index is 901. The molecule has 3 aromatic rings. The van der Waals surface area contributed by atoms with Gasteiger partial charge < -0.3 is 9.73 Å². The molecule has 128 valence electrons. The second-order valence-corrected chi connectivity index (χ2v) is 6.45. The first-order valence-electron chi connectivity index (χ1n) is 7.17. The van der Waals surface area contributed by atoms with Gasteiger partial charge in [-0.1, -0.05) is 12.1 Å². The molecule has 2 aromatic carbocycles. The first-order chi connectivity index (χ1) is 11.8. The van der Waals surface area contributed by atoms with Crippen LogP contribution in [0, 0.1) is 3.57 Å². The third kappa shape index (κ3) is 4.22. The molecule has 0 radical (unpaired) electrons. The van der Waals surface area contributed by atoms with Crippen LogP contribution in [0.2, 0.25) is 0 Å². The van der Waals surface area contributed by atoms with Crippen LogP contribution in [0.4, 0.5) is 18.9 Å². The number of anilines is 1. The Morgan fingerprint density at radius 2 is 1.72 bits per heavy atom. The predicted octanol–water partition coefficient (Wildman–Crippen LogP) is 5.82. The lowest BCUT2D eigenvalue weighted by molar-refractivity contribution is -0.137. The molecule has 0 aliphatic heterocycles. The lowest BCUT2D eigenvalue weighted by atomic mass is 10.1. The van der Waals surface area contributed by atoms with Gasteiger partial charge in [-0.2, -0.15) is 13.2 Å². The van der Waals surface area contributed by atoms with Crippen LogP contribution in [0.1, 0.15) is 16.1 Å². The van der Waals surface area contributed by atoms with E-state index in [4.69, 9.17) is 4.42 Å². The van der Waals surface area contributed by atoms with Crippen LogP contribution in [0.5, 0.6) is 0 Å². The maximum Gasteiger partial charge on any atom is 0.416 e. The third-order valence-electron chi connectivity index (χ3n) is 3.41. The second-order valence-electron chi connectivity index (χ2n) is 5.20. The summed E-state index contributed by atoms with van der Waals surface area (Å²) in [4.78, 5) is 12.2. The second kappa shape index (κ2) is 6.91. The number of benzene rings is 2. The van der Waals surface area contributed by atoms with E-state index < -0.39 is 17.6 Å². The van der Waals surface area contributed by atoms with Crippen LogP contribution in [-0.4, -0.2) is 5.91 Å². The summed E-state index contributed by atoms with van der Waals surface area (Å²) in [6.07, 6.45) is -4.44. The highest BCUT2D eigenvalue weighted by Crippen LogP contribution is 2.32. The average molecular weight is 457 g/mol. The summed E-state index contributed by atoms with van der Waals surface area (Å²) in [7, 11) is 0. The van der Waals surface area contributed by atoms with Gasteiger partial charge in [0.15, 0.2) is 5.76 Å². The number of furan rings is 1. The van der Waals surface area contributed by atoms with Gasteiger partial charge in [-0.3, -0.25) is 4.79 Å². The van der Waals surface area contributed by atoms with Crippen LogP contribution < -0.4 is 5.32 Å².